The Morgan fingerprint density at radius 3 is 2.35 bits per heavy atom. The third kappa shape index (κ3) is 3.35. The van der Waals surface area contributed by atoms with Crippen molar-refractivity contribution < 1.29 is 19.2 Å². The zero-order valence-corrected chi connectivity index (χ0v) is 13.1. The third-order valence-electron chi connectivity index (χ3n) is 4.11. The van der Waals surface area contributed by atoms with Crippen LogP contribution in [0.3, 0.4) is 0 Å². The first-order valence-electron chi connectivity index (χ1n) is 7.74. The van der Waals surface area contributed by atoms with Crippen LogP contribution in [0.25, 0.3) is 0 Å². The second-order valence-corrected chi connectivity index (χ2v) is 5.58. The number of rotatable bonds is 4. The normalized spacial score (nSPS) is 14.6. The number of nitrogens with two attached hydrogens (primary N) is 1. The van der Waals surface area contributed by atoms with Crippen molar-refractivity contribution in [2.75, 3.05) is 38.2 Å². The largest absolute Gasteiger partial charge is 0.494 e. The summed E-state index contributed by atoms with van der Waals surface area (Å²) >= 11 is 0. The topological polar surface area (TPSA) is 46.1 Å². The summed E-state index contributed by atoms with van der Waals surface area (Å²) in [7, 11) is 1.40. The maximum absolute atomic E-state index is 13.7. The number of methoxy groups -OCH3 is 1. The average Bonchev–Trinajstić information content (AvgIpc) is 2.62. The predicted octanol–water partition coefficient (Wildman–Crippen LogP) is 1.45. The molecule has 0 radical (unpaired) electrons. The highest BCUT2D eigenvalue weighted by atomic mass is 19.1. The van der Waals surface area contributed by atoms with Crippen LogP contribution >= 0.6 is 0 Å². The van der Waals surface area contributed by atoms with Crippen LogP contribution in [0, 0.1) is 5.82 Å². The Morgan fingerprint density at radius 2 is 1.74 bits per heavy atom. The van der Waals surface area contributed by atoms with Crippen molar-refractivity contribution in [3.8, 4) is 5.75 Å². The average molecular weight is 315 g/mol. The van der Waals surface area contributed by atoms with Crippen LogP contribution in [0.5, 0.6) is 5.75 Å². The number of anilines is 1. The number of ether oxygens (including phenoxy) is 1. The van der Waals surface area contributed by atoms with Gasteiger partial charge in [0.2, 0.25) is 0 Å². The van der Waals surface area contributed by atoms with E-state index in [2.05, 4.69) is 10.2 Å². The number of carbonyl (C=O) groups is 1. The molecule has 1 saturated heterocycles. The van der Waals surface area contributed by atoms with Gasteiger partial charge in [0.25, 0.3) is 0 Å². The quantitative estimate of drug-likeness (QED) is 0.869. The molecule has 1 heterocycles. The minimum Gasteiger partial charge on any atom is -0.494 e. The zero-order chi connectivity index (χ0) is 16.2. The van der Waals surface area contributed by atoms with E-state index in [0.717, 1.165) is 31.9 Å². The molecule has 2 N–H and O–H groups in total. The van der Waals surface area contributed by atoms with E-state index in [1.807, 2.05) is 12.1 Å². The Bertz CT molecular complexity index is 695. The number of piperazine rings is 1. The highest BCUT2D eigenvalue weighted by Crippen LogP contribution is 2.21. The van der Waals surface area contributed by atoms with Gasteiger partial charge in [0.1, 0.15) is 0 Å². The Balaban J connectivity index is 1.78. The van der Waals surface area contributed by atoms with Gasteiger partial charge < -0.3 is 15.0 Å². The fraction of sp³-hybridized carbons (Fsp3) is 0.278. The molecule has 0 bridgehead atoms. The summed E-state index contributed by atoms with van der Waals surface area (Å²) in [5.74, 6) is -0.580. The zero-order valence-electron chi connectivity index (χ0n) is 13.1. The number of hydrogen-bond donors (Lipinski definition) is 1. The van der Waals surface area contributed by atoms with Crippen LogP contribution in [-0.2, 0) is 0 Å². The highest BCUT2D eigenvalue weighted by molar-refractivity contribution is 6.09. The molecule has 0 spiro atoms. The van der Waals surface area contributed by atoms with Crippen molar-refractivity contribution in [2.24, 2.45) is 0 Å². The van der Waals surface area contributed by atoms with Crippen molar-refractivity contribution in [2.45, 2.75) is 0 Å². The van der Waals surface area contributed by atoms with Crippen LogP contribution in [0.2, 0.25) is 0 Å². The first kappa shape index (κ1) is 15.5. The van der Waals surface area contributed by atoms with Gasteiger partial charge in [-0.3, -0.25) is 4.79 Å². The summed E-state index contributed by atoms with van der Waals surface area (Å²) in [6, 6.07) is 11.8. The molecule has 0 amide bonds. The second-order valence-electron chi connectivity index (χ2n) is 5.58. The molecule has 0 atom stereocenters. The van der Waals surface area contributed by atoms with Crippen molar-refractivity contribution in [3.63, 3.8) is 0 Å². The first-order chi connectivity index (χ1) is 11.2. The molecule has 3 rings (SSSR count). The summed E-state index contributed by atoms with van der Waals surface area (Å²) < 4.78 is 18.6. The van der Waals surface area contributed by atoms with E-state index >= 15 is 0 Å². The Morgan fingerprint density at radius 1 is 1.09 bits per heavy atom. The summed E-state index contributed by atoms with van der Waals surface area (Å²) in [4.78, 5) is 14.8. The number of halogens is 1. The smallest absolute Gasteiger partial charge is 0.193 e. The SMILES string of the molecule is COc1ccc(C(=O)c2ccc(N3CC[NH2+]CC3)cc2)cc1F. The molecule has 2 aromatic rings. The maximum Gasteiger partial charge on any atom is 0.193 e. The van der Waals surface area contributed by atoms with Crippen molar-refractivity contribution in [3.05, 3.63) is 59.4 Å². The lowest BCUT2D eigenvalue weighted by atomic mass is 10.0. The van der Waals surface area contributed by atoms with Gasteiger partial charge in [-0.05, 0) is 42.5 Å². The van der Waals surface area contributed by atoms with Gasteiger partial charge in [-0.2, -0.15) is 0 Å². The lowest BCUT2D eigenvalue weighted by Crippen LogP contribution is -2.89. The van der Waals surface area contributed by atoms with Crippen LogP contribution in [0.15, 0.2) is 42.5 Å². The molecule has 2 aromatic carbocycles. The summed E-state index contributed by atoms with van der Waals surface area (Å²) in [6.45, 7) is 4.20. The molecule has 0 unspecified atom stereocenters. The van der Waals surface area contributed by atoms with Crippen molar-refractivity contribution >= 4 is 11.5 Å². The van der Waals surface area contributed by atoms with Gasteiger partial charge in [0.05, 0.1) is 33.3 Å². The second kappa shape index (κ2) is 6.79. The fourth-order valence-electron chi connectivity index (χ4n) is 2.81. The Hall–Kier alpha value is -2.40. The number of ketones is 1. The molecule has 1 aliphatic heterocycles. The Labute approximate surface area is 134 Å². The van der Waals surface area contributed by atoms with E-state index in [4.69, 9.17) is 4.74 Å². The number of hydrogen-bond acceptors (Lipinski definition) is 3. The van der Waals surface area contributed by atoms with E-state index < -0.39 is 5.82 Å². The summed E-state index contributed by atoms with van der Waals surface area (Å²) in [5.41, 5.74) is 2.00. The van der Waals surface area contributed by atoms with Crippen molar-refractivity contribution in [1.29, 1.82) is 0 Å². The summed E-state index contributed by atoms with van der Waals surface area (Å²) in [6.07, 6.45) is 0. The van der Waals surface area contributed by atoms with Gasteiger partial charge in [-0.25, -0.2) is 4.39 Å². The van der Waals surface area contributed by atoms with E-state index in [1.54, 1.807) is 18.2 Å². The van der Waals surface area contributed by atoms with Gasteiger partial charge in [0, 0.05) is 16.8 Å². The molecular formula is C18H20FN2O2+. The lowest BCUT2D eigenvalue weighted by molar-refractivity contribution is -0.655. The maximum atomic E-state index is 13.7. The summed E-state index contributed by atoms with van der Waals surface area (Å²) in [5, 5.41) is 2.30. The lowest BCUT2D eigenvalue weighted by Gasteiger charge is -2.27. The van der Waals surface area contributed by atoms with Crippen LogP contribution in [0.1, 0.15) is 15.9 Å². The number of quaternary nitrogens is 1. The van der Waals surface area contributed by atoms with Gasteiger partial charge in [0.15, 0.2) is 17.3 Å². The molecule has 1 aliphatic rings. The minimum atomic E-state index is -0.528. The van der Waals surface area contributed by atoms with Gasteiger partial charge >= 0.3 is 0 Å². The van der Waals surface area contributed by atoms with E-state index in [9.17, 15) is 9.18 Å². The number of benzene rings is 2. The van der Waals surface area contributed by atoms with E-state index in [0.29, 0.717) is 11.1 Å². The van der Waals surface area contributed by atoms with Gasteiger partial charge in [-0.1, -0.05) is 0 Å². The highest BCUT2D eigenvalue weighted by Gasteiger charge is 2.15. The minimum absolute atomic E-state index is 0.138. The molecule has 0 aliphatic carbocycles. The fourth-order valence-corrected chi connectivity index (χ4v) is 2.81. The molecule has 1 fully saturated rings. The van der Waals surface area contributed by atoms with Crippen LogP contribution < -0.4 is 15.0 Å². The van der Waals surface area contributed by atoms with E-state index in [1.165, 1.54) is 19.2 Å². The number of carbonyl (C=O) groups excluding carboxylic acids is 1. The van der Waals surface area contributed by atoms with Gasteiger partial charge in [-0.15, -0.1) is 0 Å². The van der Waals surface area contributed by atoms with Crippen LogP contribution in [-0.4, -0.2) is 39.1 Å². The monoisotopic (exact) mass is 315 g/mol. The van der Waals surface area contributed by atoms with Crippen LogP contribution in [0.4, 0.5) is 10.1 Å². The molecule has 23 heavy (non-hydrogen) atoms. The molecule has 5 heteroatoms. The van der Waals surface area contributed by atoms with Crippen molar-refractivity contribution in [1.82, 2.24) is 0 Å². The Kier molecular flexibility index (Phi) is 4.57. The van der Waals surface area contributed by atoms with E-state index in [-0.39, 0.29) is 11.5 Å². The third-order valence-corrected chi connectivity index (χ3v) is 4.11. The predicted molar refractivity (Wildman–Crippen MR) is 86.7 cm³/mol. The molecular weight excluding hydrogens is 295 g/mol. The molecule has 120 valence electrons. The first-order valence-corrected chi connectivity index (χ1v) is 7.74. The number of nitrogens with zero attached hydrogens (tertiary/aromatic N) is 1. The molecule has 4 nitrogen and oxygen atoms in total. The molecule has 0 aromatic heterocycles. The standard InChI is InChI=1S/C18H19FN2O2/c1-23-17-7-4-14(12-16(17)19)18(22)13-2-5-15(6-3-13)21-10-8-20-9-11-21/h2-7,12,20H,8-11H2,1H3/p+1. The molecule has 0 saturated carbocycles.